The molecular formula is C22H19F3N2O3S. The Bertz CT molecular complexity index is 1020. The average molecular weight is 448 g/mol. The minimum atomic E-state index is -4.35. The first-order valence-corrected chi connectivity index (χ1v) is 10.1. The molecule has 1 aromatic heterocycles. The molecule has 0 spiro atoms. The highest BCUT2D eigenvalue weighted by molar-refractivity contribution is 7.12. The number of benzene rings is 2. The fraction of sp³-hybridized carbons (Fsp3) is 0.182. The van der Waals surface area contributed by atoms with Gasteiger partial charge < -0.3 is 15.4 Å². The van der Waals surface area contributed by atoms with E-state index in [1.54, 1.807) is 66.0 Å². The van der Waals surface area contributed by atoms with Gasteiger partial charge in [0.25, 0.3) is 11.8 Å². The minimum Gasteiger partial charge on any atom is -0.367 e. The number of anilines is 1. The molecular weight excluding hydrogens is 429 g/mol. The molecule has 3 aromatic rings. The summed E-state index contributed by atoms with van der Waals surface area (Å²) in [6.45, 7) is -1.19. The van der Waals surface area contributed by atoms with Gasteiger partial charge in [-0.25, -0.2) is 0 Å². The van der Waals surface area contributed by atoms with Crippen LogP contribution in [0, 0.1) is 0 Å². The highest BCUT2D eigenvalue weighted by Gasteiger charge is 2.27. The molecule has 162 valence electrons. The number of halogens is 3. The topological polar surface area (TPSA) is 67.4 Å². The molecule has 0 atom stereocenters. The van der Waals surface area contributed by atoms with Crippen molar-refractivity contribution in [3.05, 3.63) is 87.6 Å². The lowest BCUT2D eigenvalue weighted by molar-refractivity contribution is -0.176. The quantitative estimate of drug-likeness (QED) is 0.509. The maximum atomic E-state index is 12.4. The van der Waals surface area contributed by atoms with Crippen molar-refractivity contribution in [3.8, 4) is 0 Å². The Hall–Kier alpha value is -3.17. The number of ether oxygens (including phenoxy) is 1. The summed E-state index contributed by atoms with van der Waals surface area (Å²) in [6.07, 6.45) is -4.35. The molecule has 2 aromatic carbocycles. The molecule has 9 heteroatoms. The highest BCUT2D eigenvalue weighted by atomic mass is 32.1. The van der Waals surface area contributed by atoms with Crippen LogP contribution in [0.1, 0.15) is 31.2 Å². The summed E-state index contributed by atoms with van der Waals surface area (Å²) in [5, 5.41) is 7.34. The molecule has 2 N–H and O–H groups in total. The van der Waals surface area contributed by atoms with E-state index in [4.69, 9.17) is 0 Å². The van der Waals surface area contributed by atoms with E-state index in [2.05, 4.69) is 15.4 Å². The van der Waals surface area contributed by atoms with Crippen LogP contribution in [0.15, 0.2) is 66.0 Å². The normalized spacial score (nSPS) is 11.2. The lowest BCUT2D eigenvalue weighted by Crippen LogP contribution is -2.23. The highest BCUT2D eigenvalue weighted by Crippen LogP contribution is 2.17. The van der Waals surface area contributed by atoms with E-state index in [0.29, 0.717) is 21.7 Å². The fourth-order valence-electron chi connectivity index (χ4n) is 2.66. The number of thiophene rings is 1. The predicted octanol–water partition coefficient (Wildman–Crippen LogP) is 5.01. The first-order chi connectivity index (χ1) is 14.8. The zero-order valence-electron chi connectivity index (χ0n) is 16.2. The van der Waals surface area contributed by atoms with Gasteiger partial charge >= 0.3 is 6.18 Å². The van der Waals surface area contributed by atoms with Gasteiger partial charge in [0.05, 0.1) is 11.5 Å². The van der Waals surface area contributed by atoms with E-state index >= 15 is 0 Å². The summed E-state index contributed by atoms with van der Waals surface area (Å²) in [4.78, 5) is 25.2. The number of amides is 2. The Morgan fingerprint density at radius 3 is 2.35 bits per heavy atom. The van der Waals surface area contributed by atoms with E-state index in [1.165, 1.54) is 11.3 Å². The van der Waals surface area contributed by atoms with Crippen molar-refractivity contribution >= 4 is 28.8 Å². The zero-order chi connectivity index (χ0) is 22.3. The van der Waals surface area contributed by atoms with Gasteiger partial charge in [-0.3, -0.25) is 9.59 Å². The number of hydrogen-bond donors (Lipinski definition) is 2. The molecule has 0 fully saturated rings. The summed E-state index contributed by atoms with van der Waals surface area (Å²) in [7, 11) is 0. The number of carbonyl (C=O) groups is 2. The van der Waals surface area contributed by atoms with Crippen molar-refractivity contribution in [2.24, 2.45) is 0 Å². The average Bonchev–Trinajstić information content (AvgIpc) is 3.27. The smallest absolute Gasteiger partial charge is 0.367 e. The van der Waals surface area contributed by atoms with E-state index in [9.17, 15) is 22.8 Å². The Labute approximate surface area is 180 Å². The van der Waals surface area contributed by atoms with Crippen molar-refractivity contribution in [1.29, 1.82) is 0 Å². The van der Waals surface area contributed by atoms with Gasteiger partial charge in [0.2, 0.25) is 0 Å². The Morgan fingerprint density at radius 2 is 1.68 bits per heavy atom. The van der Waals surface area contributed by atoms with Gasteiger partial charge in [0, 0.05) is 17.8 Å². The van der Waals surface area contributed by atoms with Crippen molar-refractivity contribution < 1.29 is 27.5 Å². The fourth-order valence-corrected chi connectivity index (χ4v) is 3.28. The second-order valence-electron chi connectivity index (χ2n) is 6.62. The molecule has 0 radical (unpaired) electrons. The van der Waals surface area contributed by atoms with Gasteiger partial charge in [0.15, 0.2) is 0 Å². The van der Waals surface area contributed by atoms with Crippen LogP contribution in [0.2, 0.25) is 0 Å². The minimum absolute atomic E-state index is 0.143. The first-order valence-electron chi connectivity index (χ1n) is 9.25. The lowest BCUT2D eigenvalue weighted by Gasteiger charge is -2.10. The summed E-state index contributed by atoms with van der Waals surface area (Å²) in [5.41, 5.74) is 2.29. The molecule has 2 amide bonds. The maximum Gasteiger partial charge on any atom is 0.411 e. The lowest BCUT2D eigenvalue weighted by atomic mass is 10.1. The largest absolute Gasteiger partial charge is 0.411 e. The van der Waals surface area contributed by atoms with E-state index < -0.39 is 12.8 Å². The molecule has 5 nitrogen and oxygen atoms in total. The van der Waals surface area contributed by atoms with Crippen molar-refractivity contribution in [2.45, 2.75) is 19.3 Å². The third kappa shape index (κ3) is 7.23. The molecule has 0 aliphatic carbocycles. The van der Waals surface area contributed by atoms with Crippen LogP contribution in [-0.2, 0) is 17.9 Å². The Balaban J connectivity index is 1.51. The number of rotatable bonds is 8. The number of carbonyl (C=O) groups excluding carboxylic acids is 2. The number of alkyl halides is 3. The molecule has 1 heterocycles. The van der Waals surface area contributed by atoms with Crippen LogP contribution < -0.4 is 10.6 Å². The van der Waals surface area contributed by atoms with Gasteiger partial charge in [0.1, 0.15) is 6.61 Å². The molecule has 0 aliphatic heterocycles. The SMILES string of the molecule is O=C(NCc1ccc(COCC(F)(F)F)cc1)c1cccc(NC(=O)c2cccs2)c1. The summed E-state index contributed by atoms with van der Waals surface area (Å²) in [5.74, 6) is -0.559. The first kappa shape index (κ1) is 22.5. The standard InChI is InChI=1S/C22H19F3N2O3S/c23-22(24,25)14-30-13-16-8-6-15(7-9-16)12-26-20(28)17-3-1-4-18(11-17)27-21(29)19-5-2-10-31-19/h1-11H,12-14H2,(H,26,28)(H,27,29). The van der Waals surface area contributed by atoms with E-state index in [0.717, 1.165) is 5.56 Å². The summed E-state index contributed by atoms with van der Waals surface area (Å²) in [6, 6.07) is 16.8. The maximum absolute atomic E-state index is 12.4. The molecule has 31 heavy (non-hydrogen) atoms. The van der Waals surface area contributed by atoms with Crippen LogP contribution in [0.3, 0.4) is 0 Å². The van der Waals surface area contributed by atoms with Crippen molar-refractivity contribution in [1.82, 2.24) is 5.32 Å². The summed E-state index contributed by atoms with van der Waals surface area (Å²) < 4.78 is 40.9. The van der Waals surface area contributed by atoms with Gasteiger partial charge in [-0.05, 0) is 40.8 Å². The van der Waals surface area contributed by atoms with Crippen LogP contribution in [-0.4, -0.2) is 24.6 Å². The van der Waals surface area contributed by atoms with Gasteiger partial charge in [-0.2, -0.15) is 13.2 Å². The Morgan fingerprint density at radius 1 is 0.935 bits per heavy atom. The van der Waals surface area contributed by atoms with Crippen LogP contribution in [0.4, 0.5) is 18.9 Å². The predicted molar refractivity (Wildman–Crippen MR) is 112 cm³/mol. The third-order valence-corrected chi connectivity index (χ3v) is 5.01. The van der Waals surface area contributed by atoms with Gasteiger partial charge in [-0.1, -0.05) is 36.4 Å². The molecule has 0 saturated heterocycles. The van der Waals surface area contributed by atoms with Crippen LogP contribution in [0.5, 0.6) is 0 Å². The second kappa shape index (κ2) is 10.2. The summed E-state index contributed by atoms with van der Waals surface area (Å²) >= 11 is 1.32. The molecule has 0 saturated carbocycles. The molecule has 0 aliphatic rings. The van der Waals surface area contributed by atoms with E-state index in [-0.39, 0.29) is 25.0 Å². The van der Waals surface area contributed by atoms with E-state index in [1.807, 2.05) is 0 Å². The van der Waals surface area contributed by atoms with Crippen molar-refractivity contribution in [2.75, 3.05) is 11.9 Å². The van der Waals surface area contributed by atoms with Crippen molar-refractivity contribution in [3.63, 3.8) is 0 Å². The number of nitrogens with one attached hydrogen (secondary N) is 2. The second-order valence-corrected chi connectivity index (χ2v) is 7.57. The monoisotopic (exact) mass is 448 g/mol. The van der Waals surface area contributed by atoms with Crippen LogP contribution in [0.25, 0.3) is 0 Å². The molecule has 0 unspecified atom stereocenters. The van der Waals surface area contributed by atoms with Gasteiger partial charge in [-0.15, -0.1) is 11.3 Å². The number of hydrogen-bond acceptors (Lipinski definition) is 4. The van der Waals surface area contributed by atoms with Crippen LogP contribution >= 0.6 is 11.3 Å². The Kier molecular flexibility index (Phi) is 7.43. The third-order valence-electron chi connectivity index (χ3n) is 4.14. The molecule has 0 bridgehead atoms. The zero-order valence-corrected chi connectivity index (χ0v) is 17.1. The molecule has 3 rings (SSSR count).